The van der Waals surface area contributed by atoms with E-state index in [1.165, 1.54) is 17.4 Å². The third-order valence-electron chi connectivity index (χ3n) is 3.70. The van der Waals surface area contributed by atoms with Crippen molar-refractivity contribution >= 4 is 33.8 Å². The van der Waals surface area contributed by atoms with Gasteiger partial charge in [-0.15, -0.1) is 0 Å². The minimum atomic E-state index is -4.41. The zero-order valence-corrected chi connectivity index (χ0v) is 18.7. The van der Waals surface area contributed by atoms with Gasteiger partial charge in [0.05, 0.1) is 10.6 Å². The topological polar surface area (TPSA) is 15.9 Å². The van der Waals surface area contributed by atoms with Crippen LogP contribution in [0.5, 0.6) is 0 Å². The van der Waals surface area contributed by atoms with E-state index in [0.29, 0.717) is 0 Å². The molecule has 0 saturated heterocycles. The zero-order chi connectivity index (χ0) is 19.2. The van der Waals surface area contributed by atoms with E-state index in [-0.39, 0.29) is 38.6 Å². The van der Waals surface area contributed by atoms with Crippen LogP contribution in [0.4, 0.5) is 24.0 Å². The number of benzene rings is 1. The normalized spacial score (nSPS) is 12.7. The summed E-state index contributed by atoms with van der Waals surface area (Å²) in [5, 5.41) is 6.14. The molecule has 0 aliphatic heterocycles. The molecule has 2 nitrogen and oxygen atoms in total. The maximum Gasteiger partial charge on any atom is 0.416 e. The first-order valence-corrected chi connectivity index (χ1v) is 9.15. The van der Waals surface area contributed by atoms with E-state index in [2.05, 4.69) is 51.4 Å². The molecule has 0 radical (unpaired) electrons. The van der Waals surface area contributed by atoms with Crippen LogP contribution in [0.1, 0.15) is 52.8 Å². The van der Waals surface area contributed by atoms with E-state index >= 15 is 0 Å². The minimum absolute atomic E-state index is 0. The van der Waals surface area contributed by atoms with Gasteiger partial charge in [-0.25, -0.2) is 9.88 Å². The van der Waals surface area contributed by atoms with Crippen molar-refractivity contribution in [2.75, 3.05) is 5.32 Å². The summed E-state index contributed by atoms with van der Waals surface area (Å²) < 4.78 is 41.1. The molecule has 0 spiro atoms. The van der Waals surface area contributed by atoms with Gasteiger partial charge in [-0.2, -0.15) is 13.2 Å². The second-order valence-corrected chi connectivity index (χ2v) is 9.27. The summed E-state index contributed by atoms with van der Waals surface area (Å²) in [4.78, 5) is 0. The van der Waals surface area contributed by atoms with Gasteiger partial charge in [0.2, 0.25) is 0 Å². The molecule has 0 saturated carbocycles. The van der Waals surface area contributed by atoms with Crippen molar-refractivity contribution in [3.05, 3.63) is 39.9 Å². The van der Waals surface area contributed by atoms with Crippen LogP contribution in [0.3, 0.4) is 0 Å². The molecule has 26 heavy (non-hydrogen) atoms. The molecule has 1 N–H and O–H groups in total. The number of anilines is 2. The summed E-state index contributed by atoms with van der Waals surface area (Å²) >= 11 is 7.58. The number of halogens is 5. The molecule has 8 heteroatoms. The third-order valence-corrected chi connectivity index (χ3v) is 4.88. The van der Waals surface area contributed by atoms with Crippen molar-refractivity contribution in [1.29, 1.82) is 0 Å². The van der Waals surface area contributed by atoms with E-state index in [1.807, 2.05) is 5.38 Å². The molecule has 2 rings (SSSR count). The van der Waals surface area contributed by atoms with Crippen LogP contribution in [0.25, 0.3) is 0 Å². The van der Waals surface area contributed by atoms with Crippen LogP contribution in [0.15, 0.2) is 23.6 Å². The number of thiazole rings is 1. The highest BCUT2D eigenvalue weighted by Gasteiger charge is 2.35. The molecule has 0 unspecified atom stereocenters. The molecule has 2 aromatic rings. The Morgan fingerprint density at radius 3 is 2.08 bits per heavy atom. The molecule has 1 aromatic carbocycles. The number of aromatic nitrogens is 1. The summed E-state index contributed by atoms with van der Waals surface area (Å²) in [6.07, 6.45) is -4.41. The SMILES string of the molecule is CC(C)(C)c1csc(Nc2cc(C(F)(F)F)ccc2Cl)[n+]1C(C)(C)C.[Br-]. The first-order valence-electron chi connectivity index (χ1n) is 7.89. The van der Waals surface area contributed by atoms with Gasteiger partial charge in [-0.3, -0.25) is 0 Å². The monoisotopic (exact) mass is 470 g/mol. The highest BCUT2D eigenvalue weighted by atomic mass is 79.9. The minimum Gasteiger partial charge on any atom is -1.00 e. The quantitative estimate of drug-likeness (QED) is 0.663. The van der Waals surface area contributed by atoms with E-state index in [1.54, 1.807) is 0 Å². The largest absolute Gasteiger partial charge is 1.00 e. The molecule has 0 aliphatic rings. The van der Waals surface area contributed by atoms with Crippen molar-refractivity contribution in [2.24, 2.45) is 0 Å². The Morgan fingerprint density at radius 2 is 1.62 bits per heavy atom. The maximum atomic E-state index is 13.0. The van der Waals surface area contributed by atoms with Crippen LogP contribution in [0, 0.1) is 0 Å². The summed E-state index contributed by atoms with van der Waals surface area (Å²) in [7, 11) is 0. The average molecular weight is 472 g/mol. The Bertz CT molecular complexity index is 774. The number of alkyl halides is 3. The van der Waals surface area contributed by atoms with Crippen LogP contribution in [0.2, 0.25) is 5.02 Å². The van der Waals surface area contributed by atoms with Crippen molar-refractivity contribution < 1.29 is 34.7 Å². The van der Waals surface area contributed by atoms with Gasteiger partial charge in [0, 0.05) is 10.8 Å². The highest BCUT2D eigenvalue weighted by Crippen LogP contribution is 2.36. The molecule has 0 atom stereocenters. The van der Waals surface area contributed by atoms with Gasteiger partial charge in [-0.05, 0) is 39.0 Å². The average Bonchev–Trinajstić information content (AvgIpc) is 2.83. The fourth-order valence-corrected chi connectivity index (χ4v) is 4.00. The predicted octanol–water partition coefficient (Wildman–Crippen LogP) is 3.51. The second kappa shape index (κ2) is 7.68. The maximum absolute atomic E-state index is 13.0. The molecular weight excluding hydrogens is 449 g/mol. The van der Waals surface area contributed by atoms with Gasteiger partial charge < -0.3 is 17.0 Å². The van der Waals surface area contributed by atoms with E-state index in [9.17, 15) is 13.2 Å². The lowest BCUT2D eigenvalue weighted by atomic mass is 9.91. The smallest absolute Gasteiger partial charge is 0.416 e. The van der Waals surface area contributed by atoms with Crippen LogP contribution in [-0.4, -0.2) is 0 Å². The first kappa shape index (κ1) is 23.2. The predicted molar refractivity (Wildman–Crippen MR) is 97.9 cm³/mol. The summed E-state index contributed by atoms with van der Waals surface area (Å²) in [6, 6.07) is 3.30. The molecule has 1 aromatic heterocycles. The lowest BCUT2D eigenvalue weighted by Crippen LogP contribution is -3.00. The number of hydrogen-bond donors (Lipinski definition) is 1. The van der Waals surface area contributed by atoms with Gasteiger partial charge in [0.15, 0.2) is 0 Å². The Balaban J connectivity index is 0.00000338. The Labute approximate surface area is 172 Å². The molecule has 0 aliphatic carbocycles. The van der Waals surface area contributed by atoms with Gasteiger partial charge in [0.25, 0.3) is 0 Å². The van der Waals surface area contributed by atoms with E-state index < -0.39 is 11.7 Å². The number of rotatable bonds is 2. The lowest BCUT2D eigenvalue weighted by molar-refractivity contribution is -0.746. The zero-order valence-electron chi connectivity index (χ0n) is 15.6. The Hall–Kier alpha value is -0.790. The van der Waals surface area contributed by atoms with Crippen molar-refractivity contribution in [3.8, 4) is 0 Å². The number of nitrogens with one attached hydrogen (secondary N) is 1. The molecule has 0 amide bonds. The van der Waals surface area contributed by atoms with Crippen molar-refractivity contribution in [1.82, 2.24) is 0 Å². The number of nitrogens with zero attached hydrogens (tertiary/aromatic N) is 1. The number of hydrogen-bond acceptors (Lipinski definition) is 2. The summed E-state index contributed by atoms with van der Waals surface area (Å²) in [5.74, 6) is 0. The standard InChI is InChI=1S/C18H22ClF3N2S.BrH/c1-16(2,3)14-10-25-15(24(14)17(4,5)6)23-13-9-11(18(20,21)22)7-8-12(13)19;/h7-10H,1-6H3;1H. The van der Waals surface area contributed by atoms with Gasteiger partial charge in [-0.1, -0.05) is 43.7 Å². The Kier molecular flexibility index (Phi) is 6.87. The van der Waals surface area contributed by atoms with Crippen LogP contribution in [-0.2, 0) is 17.1 Å². The molecular formula is C18H23BrClF3N2S. The highest BCUT2D eigenvalue weighted by molar-refractivity contribution is 7.13. The third kappa shape index (κ3) is 5.14. The Morgan fingerprint density at radius 1 is 1.04 bits per heavy atom. The molecule has 1 heterocycles. The van der Waals surface area contributed by atoms with E-state index in [0.717, 1.165) is 23.0 Å². The second-order valence-electron chi connectivity index (χ2n) is 8.00. The van der Waals surface area contributed by atoms with Gasteiger partial charge in [0.1, 0.15) is 16.9 Å². The van der Waals surface area contributed by atoms with Gasteiger partial charge >= 0.3 is 11.3 Å². The fraction of sp³-hybridized carbons (Fsp3) is 0.500. The molecule has 0 fully saturated rings. The first-order chi connectivity index (χ1) is 11.2. The fourth-order valence-electron chi connectivity index (χ4n) is 2.50. The van der Waals surface area contributed by atoms with Crippen molar-refractivity contribution in [3.63, 3.8) is 0 Å². The summed E-state index contributed by atoms with van der Waals surface area (Å²) in [6.45, 7) is 12.5. The summed E-state index contributed by atoms with van der Waals surface area (Å²) in [5.41, 5.74) is 0.294. The lowest BCUT2D eigenvalue weighted by Gasteiger charge is -2.25. The van der Waals surface area contributed by atoms with E-state index in [4.69, 9.17) is 11.6 Å². The van der Waals surface area contributed by atoms with Crippen LogP contribution >= 0.6 is 22.9 Å². The molecule has 146 valence electrons. The molecule has 0 bridgehead atoms. The van der Waals surface area contributed by atoms with Crippen molar-refractivity contribution in [2.45, 2.75) is 58.7 Å². The van der Waals surface area contributed by atoms with Crippen LogP contribution < -0.4 is 26.9 Å².